The topological polar surface area (TPSA) is 65.5 Å². The molecule has 1 aromatic heterocycles. The fraction of sp³-hybridized carbons (Fsp3) is 0.522. The van der Waals surface area contributed by atoms with Gasteiger partial charge in [-0.1, -0.05) is 32.0 Å². The third kappa shape index (κ3) is 4.36. The molecule has 2 amide bonds. The van der Waals surface area contributed by atoms with Crippen molar-refractivity contribution in [1.82, 2.24) is 9.88 Å². The van der Waals surface area contributed by atoms with Gasteiger partial charge in [0.25, 0.3) is 0 Å². The van der Waals surface area contributed by atoms with Crippen LogP contribution in [0.25, 0.3) is 0 Å². The molecule has 1 atom stereocenters. The molecular formula is C23H30N4O2S. The minimum atomic E-state index is -0.00841. The maximum atomic E-state index is 12.8. The van der Waals surface area contributed by atoms with Gasteiger partial charge in [0.1, 0.15) is 0 Å². The molecule has 1 fully saturated rings. The highest BCUT2D eigenvalue weighted by Crippen LogP contribution is 2.35. The standard InChI is InChI=1S/C23H30N4O2S/c1-15(2)22(29)26-10-12-27(13-11-26)23-25-19-9-8-17(14-20(19)30-23)21(28)24-18-7-5-4-6-16(18)3/h4-7,15,17H,8-14H2,1-3H3,(H,24,28). The van der Waals surface area contributed by atoms with Gasteiger partial charge in [0.05, 0.1) is 5.69 Å². The second kappa shape index (κ2) is 8.76. The lowest BCUT2D eigenvalue weighted by molar-refractivity contribution is -0.134. The van der Waals surface area contributed by atoms with Crippen LogP contribution in [0.2, 0.25) is 0 Å². The lowest BCUT2D eigenvalue weighted by atomic mass is 9.90. The molecule has 6 nitrogen and oxygen atoms in total. The van der Waals surface area contributed by atoms with Crippen LogP contribution in [0.1, 0.15) is 36.4 Å². The van der Waals surface area contributed by atoms with Gasteiger partial charge in [-0.3, -0.25) is 9.59 Å². The molecule has 1 aromatic carbocycles. The van der Waals surface area contributed by atoms with Crippen LogP contribution in [0.5, 0.6) is 0 Å². The van der Waals surface area contributed by atoms with E-state index in [1.54, 1.807) is 11.3 Å². The number of carbonyl (C=O) groups excluding carboxylic acids is 2. The van der Waals surface area contributed by atoms with Crippen LogP contribution in [0.3, 0.4) is 0 Å². The van der Waals surface area contributed by atoms with E-state index < -0.39 is 0 Å². The Morgan fingerprint density at radius 3 is 2.60 bits per heavy atom. The highest BCUT2D eigenvalue weighted by atomic mass is 32.1. The number of amides is 2. The van der Waals surface area contributed by atoms with E-state index in [1.807, 2.05) is 49.9 Å². The van der Waals surface area contributed by atoms with Crippen LogP contribution >= 0.6 is 11.3 Å². The summed E-state index contributed by atoms with van der Waals surface area (Å²) in [6, 6.07) is 7.90. The SMILES string of the molecule is Cc1ccccc1NC(=O)C1CCc2nc(N3CCN(C(=O)C(C)C)CC3)sc2C1. The minimum Gasteiger partial charge on any atom is -0.345 e. The summed E-state index contributed by atoms with van der Waals surface area (Å²) < 4.78 is 0. The van der Waals surface area contributed by atoms with Crippen molar-refractivity contribution in [3.05, 3.63) is 40.4 Å². The Bertz CT molecular complexity index is 931. The number of aromatic nitrogens is 1. The van der Waals surface area contributed by atoms with Crippen molar-refractivity contribution >= 4 is 34.0 Å². The largest absolute Gasteiger partial charge is 0.345 e. The molecule has 0 saturated carbocycles. The van der Waals surface area contributed by atoms with Crippen LogP contribution in [0, 0.1) is 18.8 Å². The predicted octanol–water partition coefficient (Wildman–Crippen LogP) is 3.50. The molecule has 2 aliphatic rings. The summed E-state index contributed by atoms with van der Waals surface area (Å²) in [4.78, 5) is 35.4. The Hall–Kier alpha value is -2.41. The molecule has 1 aliphatic carbocycles. The van der Waals surface area contributed by atoms with E-state index in [0.717, 1.165) is 67.5 Å². The van der Waals surface area contributed by atoms with Gasteiger partial charge in [0.2, 0.25) is 11.8 Å². The number of nitrogens with zero attached hydrogens (tertiary/aromatic N) is 3. The first-order valence-corrected chi connectivity index (χ1v) is 11.6. The van der Waals surface area contributed by atoms with Gasteiger partial charge in [-0.2, -0.15) is 0 Å². The predicted molar refractivity (Wildman–Crippen MR) is 121 cm³/mol. The summed E-state index contributed by atoms with van der Waals surface area (Å²) >= 11 is 1.72. The van der Waals surface area contributed by atoms with Crippen molar-refractivity contribution in [2.75, 3.05) is 36.4 Å². The van der Waals surface area contributed by atoms with E-state index >= 15 is 0 Å². The lowest BCUT2D eigenvalue weighted by Gasteiger charge is -2.35. The lowest BCUT2D eigenvalue weighted by Crippen LogP contribution is -2.49. The van der Waals surface area contributed by atoms with Gasteiger partial charge < -0.3 is 15.1 Å². The van der Waals surface area contributed by atoms with Crippen LogP contribution in [0.4, 0.5) is 10.8 Å². The third-order valence-electron chi connectivity index (χ3n) is 6.06. The number of piperazine rings is 1. The zero-order valence-electron chi connectivity index (χ0n) is 18.0. The maximum Gasteiger partial charge on any atom is 0.227 e. The molecule has 2 heterocycles. The first-order valence-electron chi connectivity index (χ1n) is 10.8. The Labute approximate surface area is 182 Å². The molecule has 4 rings (SSSR count). The number of rotatable bonds is 4. The van der Waals surface area contributed by atoms with Crippen molar-refractivity contribution in [2.45, 2.75) is 40.0 Å². The Balaban J connectivity index is 1.37. The van der Waals surface area contributed by atoms with Crippen LogP contribution in [-0.2, 0) is 22.4 Å². The summed E-state index contributed by atoms with van der Waals surface area (Å²) in [6.45, 7) is 9.07. The molecule has 30 heavy (non-hydrogen) atoms. The zero-order chi connectivity index (χ0) is 21.3. The smallest absolute Gasteiger partial charge is 0.227 e. The molecule has 1 aliphatic heterocycles. The average Bonchev–Trinajstić information content (AvgIpc) is 3.18. The van der Waals surface area contributed by atoms with E-state index in [4.69, 9.17) is 4.98 Å². The van der Waals surface area contributed by atoms with Gasteiger partial charge in [0.15, 0.2) is 5.13 Å². The van der Waals surface area contributed by atoms with E-state index in [1.165, 1.54) is 4.88 Å². The van der Waals surface area contributed by atoms with Crippen LogP contribution in [-0.4, -0.2) is 47.9 Å². The number of anilines is 2. The van der Waals surface area contributed by atoms with Crippen LogP contribution < -0.4 is 10.2 Å². The van der Waals surface area contributed by atoms with E-state index in [-0.39, 0.29) is 23.7 Å². The maximum absolute atomic E-state index is 12.8. The summed E-state index contributed by atoms with van der Waals surface area (Å²) in [5.74, 6) is 0.374. The molecule has 1 unspecified atom stereocenters. The number of hydrogen-bond acceptors (Lipinski definition) is 5. The number of fused-ring (bicyclic) bond motifs is 1. The Kier molecular flexibility index (Phi) is 6.09. The number of aryl methyl sites for hydroxylation is 2. The number of nitrogens with one attached hydrogen (secondary N) is 1. The zero-order valence-corrected chi connectivity index (χ0v) is 18.8. The summed E-state index contributed by atoms with van der Waals surface area (Å²) in [5.41, 5.74) is 3.13. The average molecular weight is 427 g/mol. The van der Waals surface area contributed by atoms with Crippen molar-refractivity contribution in [3.63, 3.8) is 0 Å². The van der Waals surface area contributed by atoms with Gasteiger partial charge in [-0.15, -0.1) is 11.3 Å². The highest BCUT2D eigenvalue weighted by molar-refractivity contribution is 7.15. The third-order valence-corrected chi connectivity index (χ3v) is 7.24. The first kappa shape index (κ1) is 20.8. The van der Waals surface area contributed by atoms with Crippen LogP contribution in [0.15, 0.2) is 24.3 Å². The number of benzene rings is 1. The summed E-state index contributed by atoms with van der Waals surface area (Å²) in [7, 11) is 0. The van der Waals surface area contributed by atoms with Crippen molar-refractivity contribution in [3.8, 4) is 0 Å². The minimum absolute atomic E-state index is 0.00841. The number of para-hydroxylation sites is 1. The number of thiazole rings is 1. The molecule has 2 aromatic rings. The molecule has 0 spiro atoms. The molecule has 7 heteroatoms. The van der Waals surface area contributed by atoms with Gasteiger partial charge >= 0.3 is 0 Å². The molecule has 1 saturated heterocycles. The van der Waals surface area contributed by atoms with Crippen molar-refractivity contribution in [2.24, 2.45) is 11.8 Å². The van der Waals surface area contributed by atoms with E-state index in [0.29, 0.717) is 0 Å². The molecular weight excluding hydrogens is 396 g/mol. The first-order chi connectivity index (χ1) is 14.4. The second-order valence-corrected chi connectivity index (χ2v) is 9.64. The van der Waals surface area contributed by atoms with Crippen molar-refractivity contribution in [1.29, 1.82) is 0 Å². The monoisotopic (exact) mass is 426 g/mol. The Morgan fingerprint density at radius 2 is 1.90 bits per heavy atom. The highest BCUT2D eigenvalue weighted by Gasteiger charge is 2.30. The fourth-order valence-electron chi connectivity index (χ4n) is 4.15. The molecule has 1 N–H and O–H groups in total. The quantitative estimate of drug-likeness (QED) is 0.813. The normalized spacial score (nSPS) is 19.0. The second-order valence-electron chi connectivity index (χ2n) is 8.58. The molecule has 0 radical (unpaired) electrons. The fourth-order valence-corrected chi connectivity index (χ4v) is 5.39. The number of carbonyl (C=O) groups is 2. The molecule has 160 valence electrons. The Morgan fingerprint density at radius 1 is 1.17 bits per heavy atom. The van der Waals surface area contributed by atoms with E-state index in [9.17, 15) is 9.59 Å². The van der Waals surface area contributed by atoms with Crippen molar-refractivity contribution < 1.29 is 9.59 Å². The van der Waals surface area contributed by atoms with Gasteiger partial charge in [-0.25, -0.2) is 4.98 Å². The van der Waals surface area contributed by atoms with Gasteiger partial charge in [-0.05, 0) is 37.8 Å². The van der Waals surface area contributed by atoms with Gasteiger partial charge in [0, 0.05) is 48.6 Å². The number of hydrogen-bond donors (Lipinski definition) is 1. The van der Waals surface area contributed by atoms with E-state index in [2.05, 4.69) is 10.2 Å². The molecule has 0 bridgehead atoms. The summed E-state index contributed by atoms with van der Waals surface area (Å²) in [6.07, 6.45) is 2.45. The summed E-state index contributed by atoms with van der Waals surface area (Å²) in [5, 5.41) is 4.14.